The molecule has 1 aromatic carbocycles. The second-order valence-corrected chi connectivity index (χ2v) is 5.90. The van der Waals surface area contributed by atoms with Gasteiger partial charge in [0.2, 0.25) is 5.91 Å². The minimum atomic E-state index is -0.106. The molecule has 2 unspecified atom stereocenters. The summed E-state index contributed by atoms with van der Waals surface area (Å²) in [4.78, 5) is 14.5. The summed E-state index contributed by atoms with van der Waals surface area (Å²) in [5.41, 5.74) is 1.23. The van der Waals surface area contributed by atoms with Gasteiger partial charge in [0.1, 0.15) is 6.04 Å². The summed E-state index contributed by atoms with van der Waals surface area (Å²) in [6.07, 6.45) is 0. The molecule has 2 atom stereocenters. The average molecular weight is 340 g/mol. The molecule has 1 aliphatic heterocycles. The van der Waals surface area contributed by atoms with E-state index in [1.54, 1.807) is 0 Å². The highest BCUT2D eigenvalue weighted by Crippen LogP contribution is 2.29. The highest BCUT2D eigenvalue weighted by Gasteiger charge is 2.32. The van der Waals surface area contributed by atoms with Crippen molar-refractivity contribution in [2.24, 2.45) is 0 Å². The molecule has 1 aromatic rings. The van der Waals surface area contributed by atoms with Gasteiger partial charge < -0.3 is 10.6 Å². The van der Waals surface area contributed by atoms with Gasteiger partial charge >= 0.3 is 0 Å². The van der Waals surface area contributed by atoms with E-state index in [0.717, 1.165) is 17.6 Å². The van der Waals surface area contributed by atoms with Gasteiger partial charge in [-0.15, -0.1) is 0 Å². The first-order valence-corrected chi connectivity index (χ1v) is 7.93. The number of halogens is 1. The smallest absolute Gasteiger partial charge is 0.238 e. The Balaban J connectivity index is 2.19. The van der Waals surface area contributed by atoms with E-state index in [4.69, 9.17) is 0 Å². The third-order valence-corrected chi connectivity index (χ3v) is 4.51. The highest BCUT2D eigenvalue weighted by molar-refractivity contribution is 9.10. The van der Waals surface area contributed by atoms with Crippen LogP contribution in [0.3, 0.4) is 0 Å². The molecule has 1 fully saturated rings. The van der Waals surface area contributed by atoms with Gasteiger partial charge in [-0.25, -0.2) is 0 Å². The van der Waals surface area contributed by atoms with Crippen LogP contribution in [0.1, 0.15) is 25.5 Å². The van der Waals surface area contributed by atoms with E-state index in [1.807, 2.05) is 19.1 Å². The predicted octanol–water partition coefficient (Wildman–Crippen LogP) is 1.92. The molecule has 1 aliphatic rings. The number of carbonyl (C=O) groups excluding carboxylic acids is 1. The third-order valence-electron chi connectivity index (χ3n) is 3.79. The van der Waals surface area contributed by atoms with E-state index in [-0.39, 0.29) is 18.0 Å². The van der Waals surface area contributed by atoms with Crippen LogP contribution in [0.15, 0.2) is 28.7 Å². The van der Waals surface area contributed by atoms with Crippen LogP contribution in [0.2, 0.25) is 0 Å². The Hall–Kier alpha value is -0.910. The molecule has 1 heterocycles. The Bertz CT molecular complexity index is 466. The predicted molar refractivity (Wildman–Crippen MR) is 84.6 cm³/mol. The maximum Gasteiger partial charge on any atom is 0.238 e. The zero-order valence-corrected chi connectivity index (χ0v) is 13.6. The number of hydrogen-bond donors (Lipinski definition) is 2. The van der Waals surface area contributed by atoms with Gasteiger partial charge in [0.15, 0.2) is 0 Å². The molecule has 5 heteroatoms. The van der Waals surface area contributed by atoms with E-state index in [1.165, 1.54) is 5.56 Å². The Morgan fingerprint density at radius 1 is 1.55 bits per heavy atom. The molecular weight excluding hydrogens is 318 g/mol. The number of nitrogens with zero attached hydrogens (tertiary/aromatic N) is 1. The summed E-state index contributed by atoms with van der Waals surface area (Å²) in [5.74, 6) is 0.110. The lowest BCUT2D eigenvalue weighted by molar-refractivity contribution is -0.128. The van der Waals surface area contributed by atoms with E-state index in [2.05, 4.69) is 50.5 Å². The Kier molecular flexibility index (Phi) is 5.57. The number of likely N-dealkylation sites (N-methyl/N-ethyl adjacent to an activating group) is 1. The standard InChI is InChI=1S/C15H22BrN3O/c1-3-18-15(20)14-10-17-8-9-19(14)11(2)12-6-4-5-7-13(12)16/h4-7,11,14,17H,3,8-10H2,1-2H3,(H,18,20). The normalized spacial score (nSPS) is 21.4. The minimum Gasteiger partial charge on any atom is -0.355 e. The van der Waals surface area contributed by atoms with Crippen molar-refractivity contribution in [1.29, 1.82) is 0 Å². The SMILES string of the molecule is CCNC(=O)C1CNCCN1C(C)c1ccccc1Br. The van der Waals surface area contributed by atoms with Crippen LogP contribution in [-0.2, 0) is 4.79 Å². The van der Waals surface area contributed by atoms with E-state index in [9.17, 15) is 4.79 Å². The van der Waals surface area contributed by atoms with Gasteiger partial charge in [0.05, 0.1) is 0 Å². The Morgan fingerprint density at radius 3 is 3.00 bits per heavy atom. The first-order valence-electron chi connectivity index (χ1n) is 7.13. The van der Waals surface area contributed by atoms with Crippen molar-refractivity contribution < 1.29 is 4.79 Å². The van der Waals surface area contributed by atoms with Crippen molar-refractivity contribution in [3.8, 4) is 0 Å². The zero-order valence-electron chi connectivity index (χ0n) is 12.0. The molecule has 0 spiro atoms. The topological polar surface area (TPSA) is 44.4 Å². The molecular formula is C15H22BrN3O. The summed E-state index contributed by atoms with van der Waals surface area (Å²) >= 11 is 3.61. The molecule has 20 heavy (non-hydrogen) atoms. The molecule has 4 nitrogen and oxygen atoms in total. The van der Waals surface area contributed by atoms with E-state index < -0.39 is 0 Å². The number of amides is 1. The summed E-state index contributed by atoms with van der Waals surface area (Å²) < 4.78 is 1.10. The molecule has 0 bridgehead atoms. The molecule has 0 aromatic heterocycles. The van der Waals surface area contributed by atoms with E-state index >= 15 is 0 Å². The average Bonchev–Trinajstić information content (AvgIpc) is 2.47. The maximum absolute atomic E-state index is 12.2. The molecule has 1 saturated heterocycles. The van der Waals surface area contributed by atoms with Crippen molar-refractivity contribution >= 4 is 21.8 Å². The molecule has 1 amide bonds. The fraction of sp³-hybridized carbons (Fsp3) is 0.533. The van der Waals surface area contributed by atoms with Crippen molar-refractivity contribution in [2.75, 3.05) is 26.2 Å². The summed E-state index contributed by atoms with van der Waals surface area (Å²) in [6, 6.07) is 8.33. The monoisotopic (exact) mass is 339 g/mol. The van der Waals surface area contributed by atoms with Gasteiger partial charge in [0.25, 0.3) is 0 Å². The highest BCUT2D eigenvalue weighted by atomic mass is 79.9. The zero-order chi connectivity index (χ0) is 14.5. The lowest BCUT2D eigenvalue weighted by Gasteiger charge is -2.39. The van der Waals surface area contributed by atoms with Crippen LogP contribution in [0, 0.1) is 0 Å². The summed E-state index contributed by atoms with van der Waals surface area (Å²) in [7, 11) is 0. The second kappa shape index (κ2) is 7.20. The largest absolute Gasteiger partial charge is 0.355 e. The molecule has 2 rings (SSSR count). The lowest BCUT2D eigenvalue weighted by atomic mass is 10.0. The number of carbonyl (C=O) groups is 1. The lowest BCUT2D eigenvalue weighted by Crippen LogP contribution is -2.58. The molecule has 2 N–H and O–H groups in total. The Morgan fingerprint density at radius 2 is 2.30 bits per heavy atom. The van der Waals surface area contributed by atoms with Crippen LogP contribution in [-0.4, -0.2) is 43.0 Å². The molecule has 0 saturated carbocycles. The first-order chi connectivity index (χ1) is 9.65. The van der Waals surface area contributed by atoms with E-state index in [0.29, 0.717) is 13.1 Å². The van der Waals surface area contributed by atoms with Gasteiger partial charge in [-0.05, 0) is 25.5 Å². The molecule has 0 radical (unpaired) electrons. The number of hydrogen-bond acceptors (Lipinski definition) is 3. The van der Waals surface area contributed by atoms with Crippen molar-refractivity contribution in [3.63, 3.8) is 0 Å². The van der Waals surface area contributed by atoms with Crippen molar-refractivity contribution in [1.82, 2.24) is 15.5 Å². The number of nitrogens with one attached hydrogen (secondary N) is 2. The number of benzene rings is 1. The first kappa shape index (κ1) is 15.5. The summed E-state index contributed by atoms with van der Waals surface area (Å²) in [5, 5.41) is 6.24. The third kappa shape index (κ3) is 3.40. The number of piperazine rings is 1. The molecule has 0 aliphatic carbocycles. The quantitative estimate of drug-likeness (QED) is 0.880. The van der Waals surface area contributed by atoms with Gasteiger partial charge in [-0.2, -0.15) is 0 Å². The fourth-order valence-corrected chi connectivity index (χ4v) is 3.33. The van der Waals surface area contributed by atoms with Crippen LogP contribution < -0.4 is 10.6 Å². The van der Waals surface area contributed by atoms with Crippen LogP contribution in [0.5, 0.6) is 0 Å². The van der Waals surface area contributed by atoms with Crippen molar-refractivity contribution in [2.45, 2.75) is 25.9 Å². The Labute approximate surface area is 129 Å². The van der Waals surface area contributed by atoms with Gasteiger partial charge in [0, 0.05) is 36.7 Å². The van der Waals surface area contributed by atoms with Crippen molar-refractivity contribution in [3.05, 3.63) is 34.3 Å². The summed E-state index contributed by atoms with van der Waals surface area (Å²) in [6.45, 7) is 7.30. The van der Waals surface area contributed by atoms with Gasteiger partial charge in [-0.1, -0.05) is 34.1 Å². The van der Waals surface area contributed by atoms with Crippen LogP contribution in [0.4, 0.5) is 0 Å². The van der Waals surface area contributed by atoms with Crippen LogP contribution >= 0.6 is 15.9 Å². The van der Waals surface area contributed by atoms with Gasteiger partial charge in [-0.3, -0.25) is 9.69 Å². The minimum absolute atomic E-state index is 0.106. The fourth-order valence-electron chi connectivity index (χ4n) is 2.71. The number of rotatable bonds is 4. The van der Waals surface area contributed by atoms with Crippen LogP contribution in [0.25, 0.3) is 0 Å². The maximum atomic E-state index is 12.2. The second-order valence-electron chi connectivity index (χ2n) is 5.05. The molecule has 110 valence electrons.